The fourth-order valence-electron chi connectivity index (χ4n) is 2.42. The van der Waals surface area contributed by atoms with Crippen molar-refractivity contribution in [2.45, 2.75) is 32.7 Å². The SMILES string of the molecule is CCCCc1nc(CN2CCN(CC(N)=O)CC2)cs1. The van der Waals surface area contributed by atoms with Crippen LogP contribution in [0, 0.1) is 0 Å². The third-order valence-corrected chi connectivity index (χ3v) is 4.53. The lowest BCUT2D eigenvalue weighted by Gasteiger charge is -2.33. The van der Waals surface area contributed by atoms with E-state index in [0.29, 0.717) is 6.54 Å². The van der Waals surface area contributed by atoms with Gasteiger partial charge in [0.2, 0.25) is 5.91 Å². The average Bonchev–Trinajstić information content (AvgIpc) is 2.86. The van der Waals surface area contributed by atoms with Gasteiger partial charge in [-0.1, -0.05) is 13.3 Å². The lowest BCUT2D eigenvalue weighted by atomic mass is 10.2. The molecule has 1 fully saturated rings. The van der Waals surface area contributed by atoms with Gasteiger partial charge in [-0.2, -0.15) is 0 Å². The monoisotopic (exact) mass is 296 g/mol. The molecule has 1 aliphatic heterocycles. The van der Waals surface area contributed by atoms with Crippen molar-refractivity contribution < 1.29 is 4.79 Å². The van der Waals surface area contributed by atoms with Crippen LogP contribution in [-0.4, -0.2) is 53.4 Å². The van der Waals surface area contributed by atoms with Gasteiger partial charge in [-0.3, -0.25) is 14.6 Å². The summed E-state index contributed by atoms with van der Waals surface area (Å²) >= 11 is 1.78. The second-order valence-electron chi connectivity index (χ2n) is 5.35. The number of aromatic nitrogens is 1. The molecule has 2 rings (SSSR count). The minimum atomic E-state index is -0.237. The summed E-state index contributed by atoms with van der Waals surface area (Å²) in [6.45, 7) is 7.30. The maximum atomic E-state index is 10.9. The van der Waals surface area contributed by atoms with Crippen LogP contribution in [0.5, 0.6) is 0 Å². The highest BCUT2D eigenvalue weighted by Gasteiger charge is 2.18. The van der Waals surface area contributed by atoms with Gasteiger partial charge in [0.1, 0.15) is 0 Å². The number of primary amides is 1. The van der Waals surface area contributed by atoms with Crippen molar-refractivity contribution in [3.63, 3.8) is 0 Å². The van der Waals surface area contributed by atoms with E-state index in [2.05, 4.69) is 22.1 Å². The van der Waals surface area contributed by atoms with Gasteiger partial charge in [-0.15, -0.1) is 11.3 Å². The Bertz CT molecular complexity index is 427. The zero-order valence-corrected chi connectivity index (χ0v) is 13.0. The van der Waals surface area contributed by atoms with Crippen LogP contribution in [0.4, 0.5) is 0 Å². The van der Waals surface area contributed by atoms with E-state index in [4.69, 9.17) is 10.7 Å². The number of piperazine rings is 1. The van der Waals surface area contributed by atoms with Gasteiger partial charge in [0.05, 0.1) is 17.2 Å². The zero-order chi connectivity index (χ0) is 14.4. The fourth-order valence-corrected chi connectivity index (χ4v) is 3.25. The Morgan fingerprint density at radius 3 is 2.70 bits per heavy atom. The van der Waals surface area contributed by atoms with E-state index < -0.39 is 0 Å². The molecular weight excluding hydrogens is 272 g/mol. The van der Waals surface area contributed by atoms with Gasteiger partial charge < -0.3 is 5.73 Å². The zero-order valence-electron chi connectivity index (χ0n) is 12.2. The molecule has 6 heteroatoms. The molecule has 1 aromatic rings. The van der Waals surface area contributed by atoms with E-state index in [1.54, 1.807) is 11.3 Å². The van der Waals surface area contributed by atoms with Gasteiger partial charge >= 0.3 is 0 Å². The Morgan fingerprint density at radius 2 is 2.05 bits per heavy atom. The summed E-state index contributed by atoms with van der Waals surface area (Å²) in [6.07, 6.45) is 3.54. The molecule has 1 amide bonds. The summed E-state index contributed by atoms with van der Waals surface area (Å²) in [5, 5.41) is 3.44. The highest BCUT2D eigenvalue weighted by atomic mass is 32.1. The molecule has 5 nitrogen and oxygen atoms in total. The second-order valence-corrected chi connectivity index (χ2v) is 6.30. The van der Waals surface area contributed by atoms with Gasteiger partial charge in [-0.05, 0) is 12.8 Å². The normalized spacial score (nSPS) is 17.4. The Morgan fingerprint density at radius 1 is 1.35 bits per heavy atom. The van der Waals surface area contributed by atoms with Crippen molar-refractivity contribution in [1.82, 2.24) is 14.8 Å². The third-order valence-electron chi connectivity index (χ3n) is 3.57. The van der Waals surface area contributed by atoms with Crippen molar-refractivity contribution >= 4 is 17.2 Å². The number of carbonyl (C=O) groups is 1. The summed E-state index contributed by atoms with van der Waals surface area (Å²) in [4.78, 5) is 20.1. The van der Waals surface area contributed by atoms with Crippen LogP contribution in [0.1, 0.15) is 30.5 Å². The predicted molar refractivity (Wildman–Crippen MR) is 81.6 cm³/mol. The molecule has 0 radical (unpaired) electrons. The number of hydrogen-bond acceptors (Lipinski definition) is 5. The molecule has 1 aromatic heterocycles. The lowest BCUT2D eigenvalue weighted by Crippen LogP contribution is -2.48. The highest BCUT2D eigenvalue weighted by molar-refractivity contribution is 7.09. The first-order valence-electron chi connectivity index (χ1n) is 7.33. The molecule has 2 N–H and O–H groups in total. The van der Waals surface area contributed by atoms with Crippen molar-refractivity contribution in [2.24, 2.45) is 5.73 Å². The van der Waals surface area contributed by atoms with E-state index in [-0.39, 0.29) is 5.91 Å². The summed E-state index contributed by atoms with van der Waals surface area (Å²) < 4.78 is 0. The topological polar surface area (TPSA) is 62.5 Å². The van der Waals surface area contributed by atoms with Gasteiger partial charge in [-0.25, -0.2) is 4.98 Å². The van der Waals surface area contributed by atoms with Crippen LogP contribution in [0.3, 0.4) is 0 Å². The van der Waals surface area contributed by atoms with Gasteiger partial charge in [0.25, 0.3) is 0 Å². The number of rotatable bonds is 7. The third kappa shape index (κ3) is 4.85. The number of carbonyl (C=O) groups excluding carboxylic acids is 1. The van der Waals surface area contributed by atoms with Crippen molar-refractivity contribution in [2.75, 3.05) is 32.7 Å². The van der Waals surface area contributed by atoms with Crippen LogP contribution in [0.15, 0.2) is 5.38 Å². The smallest absolute Gasteiger partial charge is 0.231 e. The quantitative estimate of drug-likeness (QED) is 0.818. The minimum absolute atomic E-state index is 0.237. The number of amides is 1. The summed E-state index contributed by atoms with van der Waals surface area (Å²) in [6, 6.07) is 0. The number of nitrogens with zero attached hydrogens (tertiary/aromatic N) is 3. The fraction of sp³-hybridized carbons (Fsp3) is 0.714. The molecule has 2 heterocycles. The van der Waals surface area contributed by atoms with Gasteiger partial charge in [0.15, 0.2) is 0 Å². The molecule has 0 aliphatic carbocycles. The maximum absolute atomic E-state index is 10.9. The van der Waals surface area contributed by atoms with E-state index in [0.717, 1.165) is 39.1 Å². The largest absolute Gasteiger partial charge is 0.369 e. The van der Waals surface area contributed by atoms with E-state index >= 15 is 0 Å². The van der Waals surface area contributed by atoms with Crippen molar-refractivity contribution in [3.8, 4) is 0 Å². The summed E-state index contributed by atoms with van der Waals surface area (Å²) in [5.41, 5.74) is 6.41. The highest BCUT2D eigenvalue weighted by Crippen LogP contribution is 2.15. The number of thiazole rings is 1. The molecule has 0 aromatic carbocycles. The van der Waals surface area contributed by atoms with E-state index in [1.807, 2.05) is 0 Å². The number of unbranched alkanes of at least 4 members (excludes halogenated alkanes) is 1. The average molecular weight is 296 g/mol. The Hall–Kier alpha value is -0.980. The van der Waals surface area contributed by atoms with Crippen LogP contribution in [-0.2, 0) is 17.8 Å². The Labute approximate surface area is 124 Å². The molecule has 0 bridgehead atoms. The second kappa shape index (κ2) is 7.71. The lowest BCUT2D eigenvalue weighted by molar-refractivity contribution is -0.119. The number of nitrogens with two attached hydrogens (primary N) is 1. The molecule has 112 valence electrons. The standard InChI is InChI=1S/C14H24N4OS/c1-2-3-4-14-16-12(11-20-14)9-17-5-7-18(8-6-17)10-13(15)19/h11H,2-10H2,1H3,(H2,15,19). The van der Waals surface area contributed by atoms with Crippen molar-refractivity contribution in [3.05, 3.63) is 16.1 Å². The van der Waals surface area contributed by atoms with Crippen LogP contribution < -0.4 is 5.73 Å². The first kappa shape index (κ1) is 15.4. The van der Waals surface area contributed by atoms with Crippen LogP contribution >= 0.6 is 11.3 Å². The first-order chi connectivity index (χ1) is 9.67. The maximum Gasteiger partial charge on any atom is 0.231 e. The van der Waals surface area contributed by atoms with Crippen LogP contribution in [0.25, 0.3) is 0 Å². The molecule has 1 saturated heterocycles. The molecule has 0 saturated carbocycles. The molecule has 1 aliphatic rings. The molecular formula is C14H24N4OS. The van der Waals surface area contributed by atoms with E-state index in [1.165, 1.54) is 23.5 Å². The number of hydrogen-bond donors (Lipinski definition) is 1. The van der Waals surface area contributed by atoms with Gasteiger partial charge in [0, 0.05) is 38.1 Å². The molecule has 20 heavy (non-hydrogen) atoms. The minimum Gasteiger partial charge on any atom is -0.369 e. The van der Waals surface area contributed by atoms with Crippen LogP contribution in [0.2, 0.25) is 0 Å². The molecule has 0 unspecified atom stereocenters. The Balaban J connectivity index is 1.74. The van der Waals surface area contributed by atoms with Crippen molar-refractivity contribution in [1.29, 1.82) is 0 Å². The number of aryl methyl sites for hydroxylation is 1. The molecule has 0 atom stereocenters. The summed E-state index contributed by atoms with van der Waals surface area (Å²) in [7, 11) is 0. The Kier molecular flexibility index (Phi) is 5.94. The first-order valence-corrected chi connectivity index (χ1v) is 8.21. The molecule has 0 spiro atoms. The summed E-state index contributed by atoms with van der Waals surface area (Å²) in [5.74, 6) is -0.237. The predicted octanol–water partition coefficient (Wildman–Crippen LogP) is 1.09. The van der Waals surface area contributed by atoms with E-state index in [9.17, 15) is 4.79 Å².